The van der Waals surface area contributed by atoms with Crippen molar-refractivity contribution in [3.8, 4) is 0 Å². The Morgan fingerprint density at radius 2 is 2.11 bits per heavy atom. The molecular formula is C14H17Br2N3. The summed E-state index contributed by atoms with van der Waals surface area (Å²) in [5, 5.41) is 3.38. The van der Waals surface area contributed by atoms with Gasteiger partial charge in [0.2, 0.25) is 5.95 Å². The van der Waals surface area contributed by atoms with Gasteiger partial charge in [-0.05, 0) is 47.5 Å². The molecule has 5 heteroatoms. The summed E-state index contributed by atoms with van der Waals surface area (Å²) in [5.41, 5.74) is 2.05. The zero-order valence-corrected chi connectivity index (χ0v) is 14.3. The highest BCUT2D eigenvalue weighted by molar-refractivity contribution is 9.11. The number of nitrogens with one attached hydrogen (secondary N) is 1. The average molecular weight is 387 g/mol. The Morgan fingerprint density at radius 1 is 1.32 bits per heavy atom. The van der Waals surface area contributed by atoms with Crippen molar-refractivity contribution >= 4 is 43.5 Å². The van der Waals surface area contributed by atoms with E-state index in [9.17, 15) is 0 Å². The summed E-state index contributed by atoms with van der Waals surface area (Å²) in [6.07, 6.45) is 4.43. The van der Waals surface area contributed by atoms with E-state index < -0.39 is 0 Å². The maximum atomic E-state index is 4.54. The van der Waals surface area contributed by atoms with Gasteiger partial charge < -0.3 is 9.88 Å². The predicted molar refractivity (Wildman–Crippen MR) is 87.0 cm³/mol. The van der Waals surface area contributed by atoms with Crippen LogP contribution in [-0.4, -0.2) is 9.55 Å². The normalized spacial score (nSPS) is 10.7. The molecule has 0 saturated heterocycles. The van der Waals surface area contributed by atoms with Crippen molar-refractivity contribution in [2.75, 3.05) is 5.32 Å². The van der Waals surface area contributed by atoms with E-state index in [1.165, 1.54) is 6.42 Å². The first-order valence-corrected chi connectivity index (χ1v) is 7.94. The van der Waals surface area contributed by atoms with Crippen molar-refractivity contribution in [3.63, 3.8) is 0 Å². The lowest BCUT2D eigenvalue weighted by molar-refractivity contribution is 0.637. The second kappa shape index (κ2) is 6.57. The van der Waals surface area contributed by atoms with Crippen molar-refractivity contribution in [3.05, 3.63) is 39.0 Å². The van der Waals surface area contributed by atoms with Gasteiger partial charge in [-0.3, -0.25) is 0 Å². The Kier molecular flexibility index (Phi) is 5.05. The highest BCUT2D eigenvalue weighted by Gasteiger charge is 2.07. The topological polar surface area (TPSA) is 29.9 Å². The minimum atomic E-state index is 0.897. The summed E-state index contributed by atoms with van der Waals surface area (Å²) in [7, 11) is 0. The number of anilines is 2. The fourth-order valence-electron chi connectivity index (χ4n) is 1.86. The fourth-order valence-corrected chi connectivity index (χ4v) is 3.00. The smallest absolute Gasteiger partial charge is 0.207 e. The van der Waals surface area contributed by atoms with Gasteiger partial charge in [-0.15, -0.1) is 0 Å². The van der Waals surface area contributed by atoms with Gasteiger partial charge in [0, 0.05) is 21.7 Å². The molecule has 1 aromatic carbocycles. The van der Waals surface area contributed by atoms with Crippen LogP contribution >= 0.6 is 31.9 Å². The van der Waals surface area contributed by atoms with Gasteiger partial charge in [0.1, 0.15) is 0 Å². The van der Waals surface area contributed by atoms with Crippen LogP contribution in [0.25, 0.3) is 0 Å². The van der Waals surface area contributed by atoms with Crippen molar-refractivity contribution in [2.24, 2.45) is 0 Å². The van der Waals surface area contributed by atoms with E-state index in [1.54, 1.807) is 0 Å². The van der Waals surface area contributed by atoms with E-state index in [2.05, 4.69) is 59.8 Å². The minimum Gasteiger partial charge on any atom is -0.325 e. The van der Waals surface area contributed by atoms with Crippen molar-refractivity contribution < 1.29 is 0 Å². The number of nitrogens with zero attached hydrogens (tertiary/aromatic N) is 2. The number of aryl methyl sites for hydroxylation is 2. The Labute approximate surface area is 130 Å². The molecule has 0 unspecified atom stereocenters. The maximum absolute atomic E-state index is 4.54. The largest absolute Gasteiger partial charge is 0.325 e. The van der Waals surface area contributed by atoms with Crippen LogP contribution in [0.3, 0.4) is 0 Å². The zero-order valence-electron chi connectivity index (χ0n) is 11.1. The number of rotatable bonds is 5. The third-order valence-corrected chi connectivity index (χ3v) is 3.98. The van der Waals surface area contributed by atoms with Gasteiger partial charge in [-0.1, -0.05) is 29.3 Å². The molecule has 102 valence electrons. The summed E-state index contributed by atoms with van der Waals surface area (Å²) in [5.74, 6) is 0.897. The molecule has 0 aliphatic carbocycles. The third kappa shape index (κ3) is 3.83. The molecule has 1 N–H and O–H groups in total. The summed E-state index contributed by atoms with van der Waals surface area (Å²) in [6, 6.07) is 6.07. The van der Waals surface area contributed by atoms with Crippen molar-refractivity contribution in [1.29, 1.82) is 0 Å². The number of imidazole rings is 1. The molecule has 3 nitrogen and oxygen atoms in total. The Morgan fingerprint density at radius 3 is 2.79 bits per heavy atom. The summed E-state index contributed by atoms with van der Waals surface area (Å²) in [6.45, 7) is 5.21. The molecular weight excluding hydrogens is 370 g/mol. The number of unbranched alkanes of at least 4 members (excludes halogenated alkanes) is 1. The number of benzene rings is 1. The van der Waals surface area contributed by atoms with Gasteiger partial charge in [0.05, 0.1) is 11.4 Å². The maximum Gasteiger partial charge on any atom is 0.207 e. The first kappa shape index (κ1) is 14.6. The second-order valence-electron chi connectivity index (χ2n) is 4.50. The molecule has 0 aliphatic heterocycles. The first-order chi connectivity index (χ1) is 9.10. The van der Waals surface area contributed by atoms with Crippen LogP contribution in [-0.2, 0) is 6.54 Å². The Hall–Kier alpha value is -0.810. The van der Waals surface area contributed by atoms with Crippen LogP contribution in [0.5, 0.6) is 0 Å². The van der Waals surface area contributed by atoms with Crippen molar-refractivity contribution in [2.45, 2.75) is 33.2 Å². The number of hydrogen-bond acceptors (Lipinski definition) is 2. The fraction of sp³-hybridized carbons (Fsp3) is 0.357. The molecule has 0 saturated carbocycles. The third-order valence-electron chi connectivity index (χ3n) is 2.83. The Bertz CT molecular complexity index is 564. The van der Waals surface area contributed by atoms with Crippen LogP contribution in [0.4, 0.5) is 11.6 Å². The summed E-state index contributed by atoms with van der Waals surface area (Å²) < 4.78 is 4.24. The molecule has 0 atom stereocenters. The molecule has 0 fully saturated rings. The molecule has 1 heterocycles. The standard InChI is InChI=1S/C14H17Br2N3/c1-3-4-7-19-9-10(2)17-14(19)18-13-6-5-11(15)8-12(13)16/h5-6,8-9H,3-4,7H2,1-2H3,(H,17,18). The quantitative estimate of drug-likeness (QED) is 0.759. The second-order valence-corrected chi connectivity index (χ2v) is 6.27. The van der Waals surface area contributed by atoms with E-state index in [0.717, 1.165) is 39.2 Å². The van der Waals surface area contributed by atoms with E-state index in [0.29, 0.717) is 0 Å². The summed E-state index contributed by atoms with van der Waals surface area (Å²) >= 11 is 7.01. The van der Waals surface area contributed by atoms with E-state index in [4.69, 9.17) is 0 Å². The lowest BCUT2D eigenvalue weighted by atomic mass is 10.3. The Balaban J connectivity index is 2.22. The molecule has 0 aliphatic rings. The van der Waals surface area contributed by atoms with Gasteiger partial charge in [0.15, 0.2) is 0 Å². The lowest BCUT2D eigenvalue weighted by Crippen LogP contribution is -2.03. The number of aromatic nitrogens is 2. The molecule has 0 radical (unpaired) electrons. The van der Waals surface area contributed by atoms with Gasteiger partial charge >= 0.3 is 0 Å². The average Bonchev–Trinajstić information content (AvgIpc) is 2.70. The SMILES string of the molecule is CCCCn1cc(C)nc1Nc1ccc(Br)cc1Br. The van der Waals surface area contributed by atoms with Crippen LogP contribution in [0.1, 0.15) is 25.5 Å². The van der Waals surface area contributed by atoms with Crippen molar-refractivity contribution in [1.82, 2.24) is 9.55 Å². The first-order valence-electron chi connectivity index (χ1n) is 6.36. The van der Waals surface area contributed by atoms with E-state index >= 15 is 0 Å². The number of hydrogen-bond donors (Lipinski definition) is 1. The molecule has 2 aromatic rings. The molecule has 0 amide bonds. The minimum absolute atomic E-state index is 0.897. The molecule has 0 spiro atoms. The van der Waals surface area contributed by atoms with Crippen LogP contribution in [0, 0.1) is 6.92 Å². The summed E-state index contributed by atoms with van der Waals surface area (Å²) in [4.78, 5) is 4.54. The van der Waals surface area contributed by atoms with Crippen LogP contribution in [0.2, 0.25) is 0 Å². The highest BCUT2D eigenvalue weighted by Crippen LogP contribution is 2.28. The molecule has 1 aromatic heterocycles. The van der Waals surface area contributed by atoms with E-state index in [-0.39, 0.29) is 0 Å². The monoisotopic (exact) mass is 385 g/mol. The molecule has 19 heavy (non-hydrogen) atoms. The van der Waals surface area contributed by atoms with Gasteiger partial charge in [-0.2, -0.15) is 0 Å². The molecule has 2 rings (SSSR count). The number of halogens is 2. The van der Waals surface area contributed by atoms with Gasteiger partial charge in [-0.25, -0.2) is 4.98 Å². The van der Waals surface area contributed by atoms with Crippen LogP contribution in [0.15, 0.2) is 33.3 Å². The lowest BCUT2D eigenvalue weighted by Gasteiger charge is -2.10. The predicted octanol–water partition coefficient (Wildman–Crippen LogP) is 5.26. The highest BCUT2D eigenvalue weighted by atomic mass is 79.9. The van der Waals surface area contributed by atoms with E-state index in [1.807, 2.05) is 25.1 Å². The zero-order chi connectivity index (χ0) is 13.8. The molecule has 0 bridgehead atoms. The van der Waals surface area contributed by atoms with Crippen LogP contribution < -0.4 is 5.32 Å². The van der Waals surface area contributed by atoms with Gasteiger partial charge in [0.25, 0.3) is 0 Å².